The molecule has 1 amide bonds. The minimum absolute atomic E-state index is 0.0589. The van der Waals surface area contributed by atoms with Crippen molar-refractivity contribution in [2.45, 2.75) is 40.2 Å². The molecule has 1 unspecified atom stereocenters. The van der Waals surface area contributed by atoms with E-state index < -0.39 is 0 Å². The molecule has 0 aromatic heterocycles. The van der Waals surface area contributed by atoms with Crippen LogP contribution in [0.1, 0.15) is 41.6 Å². The quantitative estimate of drug-likeness (QED) is 0.724. The number of rotatable bonds is 8. The Hall–Kier alpha value is -1.39. The van der Waals surface area contributed by atoms with E-state index in [1.807, 2.05) is 0 Å². The fraction of sp³-hybridized carbons (Fsp3) is 0.588. The maximum Gasteiger partial charge on any atom is 0.221 e. The van der Waals surface area contributed by atoms with Gasteiger partial charge in [-0.25, -0.2) is 0 Å². The standard InChI is InChI=1S/C17H28N2O2/c1-12-10-14(3)16(11-13(12)2)15(4)18-7-6-17(20)19-8-9-21-5/h10-11,15,18H,6-9H2,1-5H3,(H,19,20). The first kappa shape index (κ1) is 17.7. The summed E-state index contributed by atoms with van der Waals surface area (Å²) in [5.74, 6) is 0.0589. The van der Waals surface area contributed by atoms with Crippen LogP contribution in [0.4, 0.5) is 0 Å². The molecule has 118 valence electrons. The summed E-state index contributed by atoms with van der Waals surface area (Å²) in [6, 6.07) is 4.71. The van der Waals surface area contributed by atoms with E-state index in [-0.39, 0.29) is 11.9 Å². The summed E-state index contributed by atoms with van der Waals surface area (Å²) in [5.41, 5.74) is 5.23. The summed E-state index contributed by atoms with van der Waals surface area (Å²) in [7, 11) is 1.63. The van der Waals surface area contributed by atoms with Crippen LogP contribution in [0.15, 0.2) is 12.1 Å². The van der Waals surface area contributed by atoms with Crippen molar-refractivity contribution in [2.24, 2.45) is 0 Å². The first-order valence-electron chi connectivity index (χ1n) is 7.52. The first-order chi connectivity index (χ1) is 9.95. The van der Waals surface area contributed by atoms with Crippen LogP contribution in [-0.2, 0) is 9.53 Å². The van der Waals surface area contributed by atoms with E-state index in [0.29, 0.717) is 26.1 Å². The fourth-order valence-electron chi connectivity index (χ4n) is 2.34. The fourth-order valence-corrected chi connectivity index (χ4v) is 2.34. The van der Waals surface area contributed by atoms with E-state index in [0.717, 1.165) is 0 Å². The van der Waals surface area contributed by atoms with Gasteiger partial charge in [-0.05, 0) is 49.9 Å². The molecule has 1 aromatic carbocycles. The van der Waals surface area contributed by atoms with E-state index >= 15 is 0 Å². The topological polar surface area (TPSA) is 50.4 Å². The first-order valence-corrected chi connectivity index (χ1v) is 7.52. The summed E-state index contributed by atoms with van der Waals surface area (Å²) >= 11 is 0. The van der Waals surface area contributed by atoms with Crippen LogP contribution in [0.5, 0.6) is 0 Å². The van der Waals surface area contributed by atoms with Crippen molar-refractivity contribution < 1.29 is 9.53 Å². The lowest BCUT2D eigenvalue weighted by atomic mass is 9.96. The summed E-state index contributed by atoms with van der Waals surface area (Å²) in [4.78, 5) is 11.6. The van der Waals surface area contributed by atoms with Gasteiger partial charge in [0.05, 0.1) is 6.61 Å². The van der Waals surface area contributed by atoms with Crippen molar-refractivity contribution in [3.63, 3.8) is 0 Å². The lowest BCUT2D eigenvalue weighted by Crippen LogP contribution is -2.31. The number of hydrogen-bond acceptors (Lipinski definition) is 3. The Kier molecular flexibility index (Phi) is 7.40. The highest BCUT2D eigenvalue weighted by atomic mass is 16.5. The molecule has 21 heavy (non-hydrogen) atoms. The van der Waals surface area contributed by atoms with Gasteiger partial charge in [-0.15, -0.1) is 0 Å². The Morgan fingerprint density at radius 2 is 1.81 bits per heavy atom. The summed E-state index contributed by atoms with van der Waals surface area (Å²) < 4.78 is 4.90. The number of methoxy groups -OCH3 is 1. The second kappa shape index (κ2) is 8.80. The van der Waals surface area contributed by atoms with Gasteiger partial charge in [0.15, 0.2) is 0 Å². The van der Waals surface area contributed by atoms with Crippen molar-refractivity contribution >= 4 is 5.91 Å². The molecule has 0 spiro atoms. The number of benzene rings is 1. The molecule has 0 aliphatic carbocycles. The summed E-state index contributed by atoms with van der Waals surface area (Å²) in [6.45, 7) is 10.3. The number of aryl methyl sites for hydroxylation is 3. The highest BCUT2D eigenvalue weighted by Crippen LogP contribution is 2.21. The molecule has 4 nitrogen and oxygen atoms in total. The maximum absolute atomic E-state index is 11.6. The molecule has 0 saturated carbocycles. The van der Waals surface area contributed by atoms with Gasteiger partial charge in [0.2, 0.25) is 5.91 Å². The molecule has 0 saturated heterocycles. The number of nitrogens with one attached hydrogen (secondary N) is 2. The summed E-state index contributed by atoms with van der Waals surface area (Å²) in [6.07, 6.45) is 0.484. The van der Waals surface area contributed by atoms with E-state index in [2.05, 4.69) is 50.5 Å². The second-order valence-corrected chi connectivity index (χ2v) is 5.56. The van der Waals surface area contributed by atoms with Gasteiger partial charge < -0.3 is 15.4 Å². The molecule has 0 fully saturated rings. The third-order valence-electron chi connectivity index (χ3n) is 3.78. The Morgan fingerprint density at radius 3 is 2.48 bits per heavy atom. The number of carbonyl (C=O) groups excluding carboxylic acids is 1. The Bertz CT molecular complexity index is 472. The molecule has 1 aromatic rings. The zero-order valence-electron chi connectivity index (χ0n) is 13.9. The van der Waals surface area contributed by atoms with Gasteiger partial charge in [-0.3, -0.25) is 4.79 Å². The average molecular weight is 292 g/mol. The van der Waals surface area contributed by atoms with Gasteiger partial charge in [-0.2, -0.15) is 0 Å². The van der Waals surface area contributed by atoms with Crippen LogP contribution in [0.3, 0.4) is 0 Å². The summed E-state index contributed by atoms with van der Waals surface area (Å²) in [5, 5.41) is 6.24. The van der Waals surface area contributed by atoms with Crippen LogP contribution in [0.2, 0.25) is 0 Å². The van der Waals surface area contributed by atoms with Gasteiger partial charge in [0, 0.05) is 32.7 Å². The number of hydrogen-bond donors (Lipinski definition) is 2. The molecular formula is C17H28N2O2. The van der Waals surface area contributed by atoms with Crippen LogP contribution in [0.25, 0.3) is 0 Å². The lowest BCUT2D eigenvalue weighted by Gasteiger charge is -2.18. The third-order valence-corrected chi connectivity index (χ3v) is 3.78. The molecule has 0 aliphatic rings. The molecule has 0 radical (unpaired) electrons. The SMILES string of the molecule is COCCNC(=O)CCNC(C)c1cc(C)c(C)cc1C. The highest BCUT2D eigenvalue weighted by Gasteiger charge is 2.10. The molecule has 0 bridgehead atoms. The molecular weight excluding hydrogens is 264 g/mol. The van der Waals surface area contributed by atoms with Crippen molar-refractivity contribution in [3.05, 3.63) is 34.4 Å². The molecule has 0 heterocycles. The third kappa shape index (κ3) is 5.86. The lowest BCUT2D eigenvalue weighted by molar-refractivity contribution is -0.121. The van der Waals surface area contributed by atoms with Crippen LogP contribution in [-0.4, -0.2) is 32.7 Å². The van der Waals surface area contributed by atoms with Gasteiger partial charge in [-0.1, -0.05) is 12.1 Å². The smallest absolute Gasteiger partial charge is 0.221 e. The maximum atomic E-state index is 11.6. The largest absolute Gasteiger partial charge is 0.383 e. The highest BCUT2D eigenvalue weighted by molar-refractivity contribution is 5.76. The van der Waals surface area contributed by atoms with Crippen molar-refractivity contribution in [3.8, 4) is 0 Å². The van der Waals surface area contributed by atoms with E-state index in [9.17, 15) is 4.79 Å². The molecule has 2 N–H and O–H groups in total. The van der Waals surface area contributed by atoms with E-state index in [1.54, 1.807) is 7.11 Å². The van der Waals surface area contributed by atoms with Crippen LogP contribution in [0, 0.1) is 20.8 Å². The van der Waals surface area contributed by atoms with Gasteiger partial charge >= 0.3 is 0 Å². The molecule has 0 aliphatic heterocycles. The Morgan fingerprint density at radius 1 is 1.14 bits per heavy atom. The van der Waals surface area contributed by atoms with Gasteiger partial charge in [0.25, 0.3) is 0 Å². The Balaban J connectivity index is 2.42. The van der Waals surface area contributed by atoms with Crippen LogP contribution >= 0.6 is 0 Å². The monoisotopic (exact) mass is 292 g/mol. The Labute approximate surface area is 128 Å². The average Bonchev–Trinajstić information content (AvgIpc) is 2.43. The van der Waals surface area contributed by atoms with E-state index in [4.69, 9.17) is 4.74 Å². The zero-order chi connectivity index (χ0) is 15.8. The number of carbonyl (C=O) groups is 1. The van der Waals surface area contributed by atoms with Gasteiger partial charge in [0.1, 0.15) is 0 Å². The normalized spacial score (nSPS) is 12.2. The second-order valence-electron chi connectivity index (χ2n) is 5.56. The molecule has 1 atom stereocenters. The predicted molar refractivity (Wildman–Crippen MR) is 86.6 cm³/mol. The minimum Gasteiger partial charge on any atom is -0.383 e. The predicted octanol–water partition coefficient (Wildman–Crippen LogP) is 2.42. The van der Waals surface area contributed by atoms with Crippen LogP contribution < -0.4 is 10.6 Å². The minimum atomic E-state index is 0.0589. The van der Waals surface area contributed by atoms with Crippen molar-refractivity contribution in [1.82, 2.24) is 10.6 Å². The van der Waals surface area contributed by atoms with Crippen molar-refractivity contribution in [1.29, 1.82) is 0 Å². The van der Waals surface area contributed by atoms with E-state index in [1.165, 1.54) is 22.3 Å². The molecule has 1 rings (SSSR count). The van der Waals surface area contributed by atoms with Crippen molar-refractivity contribution in [2.75, 3.05) is 26.8 Å². The number of amides is 1. The molecule has 4 heteroatoms. The zero-order valence-corrected chi connectivity index (χ0v) is 13.9. The number of ether oxygens (including phenoxy) is 1.